The number of carbonyl (C=O) groups is 4. The second kappa shape index (κ2) is 18.4. The SMILES string of the molecule is C=CC(=O)OC(CCCCCCC(C=O)CCC(C=O)CCCCCC)(CC(C)O)C(N)=O. The predicted molar refractivity (Wildman–Crippen MR) is 129 cm³/mol. The van der Waals surface area contributed by atoms with Crippen LogP contribution in [0.5, 0.6) is 0 Å². The van der Waals surface area contributed by atoms with Crippen LogP contribution in [0.1, 0.15) is 104 Å². The Morgan fingerprint density at radius 1 is 0.939 bits per heavy atom. The van der Waals surface area contributed by atoms with Gasteiger partial charge in [0.25, 0.3) is 5.91 Å². The quantitative estimate of drug-likeness (QED) is 0.105. The first kappa shape index (κ1) is 31.0. The number of ether oxygens (including phenoxy) is 1. The maximum Gasteiger partial charge on any atom is 0.331 e. The summed E-state index contributed by atoms with van der Waals surface area (Å²) in [6.07, 6.45) is 13.1. The first-order valence-corrected chi connectivity index (χ1v) is 12.5. The number of rotatable bonds is 22. The first-order chi connectivity index (χ1) is 15.7. The summed E-state index contributed by atoms with van der Waals surface area (Å²) >= 11 is 0. The molecule has 4 unspecified atom stereocenters. The molecule has 0 fully saturated rings. The van der Waals surface area contributed by atoms with E-state index in [0.29, 0.717) is 6.42 Å². The molecule has 0 aromatic heterocycles. The van der Waals surface area contributed by atoms with Crippen molar-refractivity contribution < 1.29 is 29.0 Å². The molecule has 7 nitrogen and oxygen atoms in total. The van der Waals surface area contributed by atoms with E-state index in [0.717, 1.165) is 76.4 Å². The van der Waals surface area contributed by atoms with Gasteiger partial charge in [-0.15, -0.1) is 0 Å². The van der Waals surface area contributed by atoms with Gasteiger partial charge in [0.15, 0.2) is 5.60 Å². The molecule has 0 rings (SSSR count). The van der Waals surface area contributed by atoms with Gasteiger partial charge < -0.3 is 25.2 Å². The maximum absolute atomic E-state index is 12.0. The van der Waals surface area contributed by atoms with Gasteiger partial charge in [-0.2, -0.15) is 0 Å². The molecule has 0 spiro atoms. The van der Waals surface area contributed by atoms with Gasteiger partial charge in [-0.25, -0.2) is 4.79 Å². The van der Waals surface area contributed by atoms with E-state index in [1.165, 1.54) is 19.8 Å². The molecule has 0 heterocycles. The second-order valence-electron chi connectivity index (χ2n) is 9.21. The molecular weight excluding hydrogens is 422 g/mol. The lowest BCUT2D eigenvalue weighted by atomic mass is 9.88. The third kappa shape index (κ3) is 14.0. The molecule has 4 atom stereocenters. The molecule has 190 valence electrons. The van der Waals surface area contributed by atoms with E-state index in [9.17, 15) is 24.3 Å². The average Bonchev–Trinajstić information content (AvgIpc) is 2.78. The standard InChI is InChI=1S/C26H45NO6/c1-4-6-7-10-13-22(19-28)15-16-23(20-29)14-11-8-9-12-17-26(25(27)32,18-21(3)30)33-24(31)5-2/h5,19-23,30H,2,4,6-18H2,1,3H3,(H2,27,32). The number of nitrogens with two attached hydrogens (primary N) is 1. The molecule has 3 N–H and O–H groups in total. The van der Waals surface area contributed by atoms with E-state index in [1.807, 2.05) is 0 Å². The number of aliphatic hydroxyl groups excluding tert-OH is 1. The third-order valence-corrected chi connectivity index (χ3v) is 6.16. The number of aliphatic hydroxyl groups is 1. The molecular formula is C26H45NO6. The fourth-order valence-electron chi connectivity index (χ4n) is 4.17. The van der Waals surface area contributed by atoms with E-state index in [4.69, 9.17) is 10.5 Å². The lowest BCUT2D eigenvalue weighted by Crippen LogP contribution is -2.49. The molecule has 0 bridgehead atoms. The van der Waals surface area contributed by atoms with Crippen molar-refractivity contribution in [2.45, 2.75) is 115 Å². The summed E-state index contributed by atoms with van der Waals surface area (Å²) in [6, 6.07) is 0. The lowest BCUT2D eigenvalue weighted by molar-refractivity contribution is -0.167. The highest BCUT2D eigenvalue weighted by molar-refractivity contribution is 5.89. The van der Waals surface area contributed by atoms with Crippen molar-refractivity contribution >= 4 is 24.4 Å². The molecule has 0 aromatic rings. The van der Waals surface area contributed by atoms with Gasteiger partial charge in [-0.3, -0.25) is 4.79 Å². The molecule has 0 aliphatic heterocycles. The van der Waals surface area contributed by atoms with E-state index in [2.05, 4.69) is 13.5 Å². The third-order valence-electron chi connectivity index (χ3n) is 6.16. The van der Waals surface area contributed by atoms with Gasteiger partial charge in [0, 0.05) is 24.3 Å². The Bertz CT molecular complexity index is 591. The topological polar surface area (TPSA) is 124 Å². The molecule has 0 radical (unpaired) electrons. The van der Waals surface area contributed by atoms with Crippen LogP contribution in [0.2, 0.25) is 0 Å². The van der Waals surface area contributed by atoms with Crippen molar-refractivity contribution in [3.63, 3.8) is 0 Å². The summed E-state index contributed by atoms with van der Waals surface area (Å²) in [5, 5.41) is 9.75. The van der Waals surface area contributed by atoms with Crippen LogP contribution in [-0.4, -0.2) is 41.3 Å². The largest absolute Gasteiger partial charge is 0.446 e. The molecule has 7 heteroatoms. The van der Waals surface area contributed by atoms with Gasteiger partial charge in [0.2, 0.25) is 0 Å². The Hall–Kier alpha value is -2.02. The van der Waals surface area contributed by atoms with Crippen molar-refractivity contribution in [3.8, 4) is 0 Å². The number of aldehydes is 2. The summed E-state index contributed by atoms with van der Waals surface area (Å²) in [7, 11) is 0. The van der Waals surface area contributed by atoms with Crippen molar-refractivity contribution in [1.29, 1.82) is 0 Å². The highest BCUT2D eigenvalue weighted by atomic mass is 16.6. The normalized spacial score (nSPS) is 15.6. The minimum atomic E-state index is -1.55. The maximum atomic E-state index is 12.0. The summed E-state index contributed by atoms with van der Waals surface area (Å²) in [4.78, 5) is 46.5. The minimum absolute atomic E-state index is 0.0402. The van der Waals surface area contributed by atoms with E-state index in [-0.39, 0.29) is 24.7 Å². The van der Waals surface area contributed by atoms with Crippen molar-refractivity contribution in [3.05, 3.63) is 12.7 Å². The Morgan fingerprint density at radius 3 is 1.88 bits per heavy atom. The number of amides is 1. The van der Waals surface area contributed by atoms with E-state index in [1.54, 1.807) is 0 Å². The van der Waals surface area contributed by atoms with Gasteiger partial charge in [0.05, 0.1) is 6.10 Å². The van der Waals surface area contributed by atoms with Crippen LogP contribution in [0.15, 0.2) is 12.7 Å². The Morgan fingerprint density at radius 2 is 1.45 bits per heavy atom. The van der Waals surface area contributed by atoms with Gasteiger partial charge in [-0.1, -0.05) is 58.4 Å². The number of unbranched alkanes of at least 4 members (excludes halogenated alkanes) is 6. The summed E-state index contributed by atoms with van der Waals surface area (Å²) in [6.45, 7) is 7.02. The van der Waals surface area contributed by atoms with Crippen LogP contribution in [0.4, 0.5) is 0 Å². The van der Waals surface area contributed by atoms with Crippen LogP contribution >= 0.6 is 0 Å². The fourth-order valence-corrected chi connectivity index (χ4v) is 4.17. The van der Waals surface area contributed by atoms with Crippen LogP contribution in [0.25, 0.3) is 0 Å². The molecule has 1 amide bonds. The Labute approximate surface area is 199 Å². The Balaban J connectivity index is 4.41. The van der Waals surface area contributed by atoms with Crippen molar-refractivity contribution in [1.82, 2.24) is 0 Å². The predicted octanol–water partition coefficient (Wildman–Crippen LogP) is 4.43. The monoisotopic (exact) mass is 467 g/mol. The highest BCUT2D eigenvalue weighted by Crippen LogP contribution is 2.27. The smallest absolute Gasteiger partial charge is 0.331 e. The number of hydrogen-bond acceptors (Lipinski definition) is 6. The zero-order chi connectivity index (χ0) is 25.1. The first-order valence-electron chi connectivity index (χ1n) is 12.5. The Kier molecular flexibility index (Phi) is 17.3. The molecule has 0 saturated carbocycles. The lowest BCUT2D eigenvalue weighted by Gasteiger charge is -2.31. The summed E-state index contributed by atoms with van der Waals surface area (Å²) in [5.74, 6) is -1.53. The average molecular weight is 468 g/mol. The zero-order valence-electron chi connectivity index (χ0n) is 20.6. The minimum Gasteiger partial charge on any atom is -0.446 e. The zero-order valence-corrected chi connectivity index (χ0v) is 20.6. The number of carbonyl (C=O) groups excluding carboxylic acids is 4. The molecule has 0 aliphatic carbocycles. The number of esters is 1. The van der Waals surface area contributed by atoms with Crippen molar-refractivity contribution in [2.75, 3.05) is 0 Å². The van der Waals surface area contributed by atoms with E-state index < -0.39 is 23.6 Å². The van der Waals surface area contributed by atoms with Gasteiger partial charge in [-0.05, 0) is 45.4 Å². The highest BCUT2D eigenvalue weighted by Gasteiger charge is 2.41. The van der Waals surface area contributed by atoms with Crippen molar-refractivity contribution in [2.24, 2.45) is 17.6 Å². The van der Waals surface area contributed by atoms with Gasteiger partial charge in [0.1, 0.15) is 12.6 Å². The van der Waals surface area contributed by atoms with Crippen LogP contribution < -0.4 is 5.73 Å². The van der Waals surface area contributed by atoms with Crippen LogP contribution in [0.3, 0.4) is 0 Å². The van der Waals surface area contributed by atoms with Gasteiger partial charge >= 0.3 is 5.97 Å². The number of hydrogen-bond donors (Lipinski definition) is 2. The molecule has 0 saturated heterocycles. The molecule has 33 heavy (non-hydrogen) atoms. The van der Waals surface area contributed by atoms with E-state index >= 15 is 0 Å². The summed E-state index contributed by atoms with van der Waals surface area (Å²) < 4.78 is 5.26. The fraction of sp³-hybridized carbons (Fsp3) is 0.769. The second-order valence-corrected chi connectivity index (χ2v) is 9.21. The van der Waals surface area contributed by atoms with Crippen LogP contribution in [0, 0.1) is 11.8 Å². The van der Waals surface area contributed by atoms with Crippen LogP contribution in [-0.2, 0) is 23.9 Å². The summed E-state index contributed by atoms with van der Waals surface area (Å²) in [5.41, 5.74) is 3.96. The molecule has 0 aromatic carbocycles. The number of primary amides is 1. The molecule has 0 aliphatic rings.